The summed E-state index contributed by atoms with van der Waals surface area (Å²) in [7, 11) is 1.27. The number of halogens is 1. The molecule has 0 bridgehead atoms. The molecule has 11 heteroatoms. The van der Waals surface area contributed by atoms with Gasteiger partial charge in [-0.2, -0.15) is 0 Å². The number of alkyl halides is 1. The number of hydrogen-bond donors (Lipinski definition) is 1. The zero-order valence-corrected chi connectivity index (χ0v) is 33.6. The Labute approximate surface area is 343 Å². The molecule has 6 rings (SSSR count). The number of thioether (sulfide) groups is 1. The summed E-state index contributed by atoms with van der Waals surface area (Å²) in [5, 5.41) is 0.0990. The van der Waals surface area contributed by atoms with Crippen LogP contribution in [0.25, 0.3) is 0 Å². The second-order valence-electron chi connectivity index (χ2n) is 13.7. The Kier molecular flexibility index (Phi) is 15.7. The molecule has 1 aliphatic rings. The normalized spacial score (nSPS) is 21.6. The van der Waals surface area contributed by atoms with Crippen molar-refractivity contribution in [1.29, 1.82) is 0 Å². The van der Waals surface area contributed by atoms with Crippen LogP contribution < -0.4 is 5.32 Å². The Balaban J connectivity index is 1.45. The van der Waals surface area contributed by atoms with E-state index in [0.29, 0.717) is 6.61 Å². The first kappa shape index (κ1) is 42.1. The number of methoxy groups -OCH3 is 1. The van der Waals surface area contributed by atoms with E-state index < -0.39 is 46.7 Å². The van der Waals surface area contributed by atoms with Crippen molar-refractivity contribution in [3.8, 4) is 0 Å². The van der Waals surface area contributed by atoms with Crippen molar-refractivity contribution in [2.45, 2.75) is 79.0 Å². The fourth-order valence-electron chi connectivity index (χ4n) is 6.71. The number of ether oxygens (including phenoxy) is 6. The molecule has 0 radical (unpaired) electrons. The number of rotatable bonds is 19. The van der Waals surface area contributed by atoms with E-state index in [0.717, 1.165) is 27.1 Å². The number of carbonyl (C=O) groups excluding carboxylic acids is 2. The van der Waals surface area contributed by atoms with E-state index in [1.165, 1.54) is 25.8 Å². The summed E-state index contributed by atoms with van der Waals surface area (Å²) < 4.78 is 39.0. The Morgan fingerprint density at radius 2 is 1.18 bits per heavy atom. The lowest BCUT2D eigenvalue weighted by atomic mass is 9.88. The second kappa shape index (κ2) is 21.3. The van der Waals surface area contributed by atoms with E-state index in [2.05, 4.69) is 5.32 Å². The number of amides is 1. The minimum Gasteiger partial charge on any atom is -0.466 e. The van der Waals surface area contributed by atoms with Gasteiger partial charge in [-0.25, -0.2) is 4.79 Å². The molecule has 1 heterocycles. The molecule has 0 unspecified atom stereocenters. The first-order valence-corrected chi connectivity index (χ1v) is 20.1. The van der Waals surface area contributed by atoms with Crippen LogP contribution in [0.5, 0.6) is 0 Å². The van der Waals surface area contributed by atoms with Crippen molar-refractivity contribution >= 4 is 35.2 Å². The average molecular weight is 810 g/mol. The number of esters is 1. The molecular weight excluding hydrogens is 762 g/mol. The Morgan fingerprint density at radius 3 is 1.68 bits per heavy atom. The Morgan fingerprint density at radius 1 is 0.702 bits per heavy atom. The van der Waals surface area contributed by atoms with Gasteiger partial charge in [0.2, 0.25) is 5.91 Å². The van der Waals surface area contributed by atoms with Gasteiger partial charge < -0.3 is 33.7 Å². The molecule has 7 atom stereocenters. The molecule has 5 aromatic rings. The lowest BCUT2D eigenvalue weighted by Gasteiger charge is -2.51. The van der Waals surface area contributed by atoms with Gasteiger partial charge in [-0.1, -0.05) is 151 Å². The van der Waals surface area contributed by atoms with E-state index in [-0.39, 0.29) is 32.3 Å². The van der Waals surface area contributed by atoms with Crippen LogP contribution in [0.4, 0.5) is 0 Å². The summed E-state index contributed by atoms with van der Waals surface area (Å²) in [5.41, 5.74) is 3.69. The van der Waals surface area contributed by atoms with Gasteiger partial charge in [0.1, 0.15) is 18.3 Å². The molecule has 1 N–H and O–H groups in total. The third-order valence-corrected chi connectivity index (χ3v) is 11.5. The second-order valence-corrected chi connectivity index (χ2v) is 15.4. The zero-order chi connectivity index (χ0) is 39.9. The fraction of sp³-hybridized carbons (Fsp3) is 0.304. The molecule has 0 aromatic heterocycles. The molecule has 1 fully saturated rings. The van der Waals surface area contributed by atoms with Crippen LogP contribution in [-0.2, 0) is 64.4 Å². The highest BCUT2D eigenvalue weighted by Gasteiger charge is 2.62. The lowest BCUT2D eigenvalue weighted by molar-refractivity contribution is -0.230. The van der Waals surface area contributed by atoms with Gasteiger partial charge >= 0.3 is 5.97 Å². The van der Waals surface area contributed by atoms with Gasteiger partial charge in [0.25, 0.3) is 5.06 Å². The highest BCUT2D eigenvalue weighted by Crippen LogP contribution is 2.47. The van der Waals surface area contributed by atoms with Crippen molar-refractivity contribution in [1.82, 2.24) is 5.32 Å². The first-order chi connectivity index (χ1) is 27.8. The summed E-state index contributed by atoms with van der Waals surface area (Å²) in [6, 6.07) is 47.6. The van der Waals surface area contributed by atoms with Crippen LogP contribution in [0.15, 0.2) is 157 Å². The predicted molar refractivity (Wildman–Crippen MR) is 220 cm³/mol. The minimum atomic E-state index is -2.11. The molecule has 298 valence electrons. The Bertz CT molecular complexity index is 1950. The van der Waals surface area contributed by atoms with E-state index in [1.54, 1.807) is 0 Å². The molecule has 1 amide bonds. The number of carbonyl (C=O) groups is 2. The van der Waals surface area contributed by atoms with Gasteiger partial charge in [0, 0.05) is 11.8 Å². The highest BCUT2D eigenvalue weighted by atomic mass is 35.5. The zero-order valence-electron chi connectivity index (χ0n) is 32.0. The predicted octanol–water partition coefficient (Wildman–Crippen LogP) is 8.13. The molecule has 0 aliphatic carbocycles. The first-order valence-electron chi connectivity index (χ1n) is 18.9. The van der Waals surface area contributed by atoms with Crippen LogP contribution in [0, 0.1) is 0 Å². The number of benzene rings is 5. The molecule has 1 saturated heterocycles. The maximum atomic E-state index is 14.1. The van der Waals surface area contributed by atoms with Gasteiger partial charge in [-0.3, -0.25) is 4.79 Å². The lowest BCUT2D eigenvalue weighted by Crippen LogP contribution is -2.72. The molecule has 0 spiro atoms. The summed E-state index contributed by atoms with van der Waals surface area (Å²) in [6.07, 6.45) is -3.82. The third-order valence-electron chi connectivity index (χ3n) is 9.48. The van der Waals surface area contributed by atoms with Crippen molar-refractivity contribution in [2.24, 2.45) is 0 Å². The summed E-state index contributed by atoms with van der Waals surface area (Å²) in [6.45, 7) is 2.31. The van der Waals surface area contributed by atoms with Crippen LogP contribution in [0.3, 0.4) is 0 Å². The van der Waals surface area contributed by atoms with Gasteiger partial charge in [-0.15, -0.1) is 11.8 Å². The molecular formula is C46H48ClNO8S. The van der Waals surface area contributed by atoms with E-state index in [1.807, 2.05) is 152 Å². The largest absolute Gasteiger partial charge is 0.466 e. The summed E-state index contributed by atoms with van der Waals surface area (Å²) in [4.78, 5) is 28.1. The molecule has 57 heavy (non-hydrogen) atoms. The van der Waals surface area contributed by atoms with Crippen molar-refractivity contribution < 1.29 is 38.0 Å². The molecule has 9 nitrogen and oxygen atoms in total. The van der Waals surface area contributed by atoms with Crippen molar-refractivity contribution in [3.63, 3.8) is 0 Å². The van der Waals surface area contributed by atoms with Gasteiger partial charge in [0.15, 0.2) is 0 Å². The molecule has 0 saturated carbocycles. The summed E-state index contributed by atoms with van der Waals surface area (Å²) >= 11 is 8.81. The van der Waals surface area contributed by atoms with E-state index >= 15 is 0 Å². The minimum absolute atomic E-state index is 0.0685. The van der Waals surface area contributed by atoms with Crippen LogP contribution in [-0.4, -0.2) is 66.4 Å². The standard InChI is InChI=1S/C46H48ClNO8S/c1-33(49)48-40-42(56-46(47,45(50)51-2)44(57-38-26-16-7-17-27-38)43(40)55-31-37-24-14-6-15-25-37)41(54-30-36-22-12-5-13-23-36)39(53-29-35-20-10-4-11-21-35)32-52-28-34-18-8-3-9-19-34/h3-27,39-44H,28-32H2,1-2H3,(H,48,49)/t39-,40-,41+,42+,43+,44-,46-/m0/s1. The highest BCUT2D eigenvalue weighted by molar-refractivity contribution is 8.00. The third kappa shape index (κ3) is 11.8. The molecule has 1 aliphatic heterocycles. The van der Waals surface area contributed by atoms with Crippen molar-refractivity contribution in [2.75, 3.05) is 13.7 Å². The van der Waals surface area contributed by atoms with Crippen LogP contribution >= 0.6 is 23.4 Å². The van der Waals surface area contributed by atoms with Crippen LogP contribution in [0.2, 0.25) is 0 Å². The van der Waals surface area contributed by atoms with E-state index in [4.69, 9.17) is 40.0 Å². The number of nitrogens with one attached hydrogen (secondary N) is 1. The smallest absolute Gasteiger partial charge is 0.355 e. The summed E-state index contributed by atoms with van der Waals surface area (Å²) in [5.74, 6) is -1.16. The maximum Gasteiger partial charge on any atom is 0.355 e. The van der Waals surface area contributed by atoms with Crippen molar-refractivity contribution in [3.05, 3.63) is 174 Å². The Hall–Kier alpha value is -4.52. The SMILES string of the molecule is COC(=O)[C@@]1(Cl)O[C@@H]([C@H](OCc2ccccc2)[C@H](COCc2ccccc2)OCc2ccccc2)[C@H](NC(C)=O)[C@@H](OCc2ccccc2)[C@@H]1Sc1ccccc1. The quantitative estimate of drug-likeness (QED) is 0.0655. The molecule has 5 aromatic carbocycles. The van der Waals surface area contributed by atoms with Gasteiger partial charge in [0.05, 0.1) is 57.5 Å². The average Bonchev–Trinajstić information content (AvgIpc) is 3.25. The topological polar surface area (TPSA) is 102 Å². The van der Waals surface area contributed by atoms with Crippen LogP contribution in [0.1, 0.15) is 29.2 Å². The maximum absolute atomic E-state index is 14.1. The van der Waals surface area contributed by atoms with E-state index in [9.17, 15) is 9.59 Å². The fourth-order valence-corrected chi connectivity index (χ4v) is 8.44. The monoisotopic (exact) mass is 809 g/mol. The van der Waals surface area contributed by atoms with Gasteiger partial charge in [-0.05, 0) is 34.4 Å². The number of hydrogen-bond acceptors (Lipinski definition) is 9.